The number of hydrogen-bond acceptors (Lipinski definition) is 3. The predicted molar refractivity (Wildman–Crippen MR) is 57.7 cm³/mol. The summed E-state index contributed by atoms with van der Waals surface area (Å²) in [7, 11) is 1.32. The van der Waals surface area contributed by atoms with Crippen LogP contribution in [0.2, 0.25) is 0 Å². The van der Waals surface area contributed by atoms with Crippen molar-refractivity contribution in [3.8, 4) is 5.75 Å². The molecule has 0 saturated heterocycles. The lowest BCUT2D eigenvalue weighted by Gasteiger charge is -2.12. The third kappa shape index (κ3) is 3.22. The molecule has 0 fully saturated rings. The number of halogens is 3. The van der Waals surface area contributed by atoms with E-state index in [-0.39, 0.29) is 17.0 Å². The van der Waals surface area contributed by atoms with Crippen molar-refractivity contribution < 1.29 is 27.5 Å². The Labute approximate surface area is 101 Å². The standard InChI is InChI=1S/C11H10F3NO3/c1-6(16)8-4-3-7(18-2)5-9(8)15-10(17)11(12,13)14/h3-5H,1-2H3,(H,15,17). The first kappa shape index (κ1) is 14.0. The molecule has 0 unspecified atom stereocenters. The lowest BCUT2D eigenvalue weighted by Crippen LogP contribution is -2.30. The summed E-state index contributed by atoms with van der Waals surface area (Å²) in [6.45, 7) is 1.19. The second kappa shape index (κ2) is 5.07. The number of ether oxygens (including phenoxy) is 1. The maximum Gasteiger partial charge on any atom is 0.471 e. The van der Waals surface area contributed by atoms with Crippen LogP contribution in [-0.2, 0) is 4.79 Å². The molecule has 0 heterocycles. The molecule has 0 spiro atoms. The highest BCUT2D eigenvalue weighted by atomic mass is 19.4. The molecule has 1 aromatic rings. The second-order valence-corrected chi connectivity index (χ2v) is 3.42. The topological polar surface area (TPSA) is 55.4 Å². The van der Waals surface area contributed by atoms with E-state index >= 15 is 0 Å². The maximum absolute atomic E-state index is 12.1. The normalized spacial score (nSPS) is 10.9. The summed E-state index contributed by atoms with van der Waals surface area (Å²) in [5.74, 6) is -2.37. The van der Waals surface area contributed by atoms with E-state index < -0.39 is 17.9 Å². The Kier molecular flexibility index (Phi) is 3.95. The van der Waals surface area contributed by atoms with Crippen molar-refractivity contribution in [3.05, 3.63) is 23.8 Å². The van der Waals surface area contributed by atoms with Crippen LogP contribution in [0, 0.1) is 0 Å². The van der Waals surface area contributed by atoms with Crippen molar-refractivity contribution >= 4 is 17.4 Å². The van der Waals surface area contributed by atoms with Crippen molar-refractivity contribution in [2.45, 2.75) is 13.1 Å². The molecule has 7 heteroatoms. The molecule has 0 saturated carbocycles. The fraction of sp³-hybridized carbons (Fsp3) is 0.273. The third-order valence-corrected chi connectivity index (χ3v) is 2.11. The second-order valence-electron chi connectivity index (χ2n) is 3.42. The summed E-state index contributed by atoms with van der Waals surface area (Å²) in [5, 5.41) is 1.64. The third-order valence-electron chi connectivity index (χ3n) is 2.11. The molecule has 1 amide bonds. The number of anilines is 1. The number of ketones is 1. The minimum atomic E-state index is -5.02. The van der Waals surface area contributed by atoms with E-state index in [4.69, 9.17) is 4.74 Å². The highest BCUT2D eigenvalue weighted by molar-refractivity contribution is 6.05. The summed E-state index contributed by atoms with van der Waals surface area (Å²) >= 11 is 0. The van der Waals surface area contributed by atoms with E-state index in [0.29, 0.717) is 0 Å². The van der Waals surface area contributed by atoms with Gasteiger partial charge in [0.15, 0.2) is 5.78 Å². The molecule has 0 aliphatic heterocycles. The van der Waals surface area contributed by atoms with Gasteiger partial charge in [0.25, 0.3) is 0 Å². The molecule has 1 N–H and O–H groups in total. The van der Waals surface area contributed by atoms with Gasteiger partial charge in [-0.1, -0.05) is 0 Å². The van der Waals surface area contributed by atoms with Gasteiger partial charge < -0.3 is 10.1 Å². The SMILES string of the molecule is COc1ccc(C(C)=O)c(NC(=O)C(F)(F)F)c1. The monoisotopic (exact) mass is 261 g/mol. The lowest BCUT2D eigenvalue weighted by molar-refractivity contribution is -0.167. The van der Waals surface area contributed by atoms with Gasteiger partial charge in [-0.15, -0.1) is 0 Å². The zero-order valence-corrected chi connectivity index (χ0v) is 9.59. The summed E-state index contributed by atoms with van der Waals surface area (Å²) in [6, 6.07) is 3.85. The first-order chi connectivity index (χ1) is 8.25. The number of carbonyl (C=O) groups excluding carboxylic acids is 2. The van der Waals surface area contributed by atoms with Gasteiger partial charge in [-0.3, -0.25) is 9.59 Å². The van der Waals surface area contributed by atoms with Gasteiger partial charge in [0, 0.05) is 11.6 Å². The lowest BCUT2D eigenvalue weighted by atomic mass is 10.1. The Balaban J connectivity index is 3.12. The Bertz CT molecular complexity index is 483. The summed E-state index contributed by atoms with van der Waals surface area (Å²) in [5.41, 5.74) is -0.252. The minimum Gasteiger partial charge on any atom is -0.497 e. The Morgan fingerprint density at radius 1 is 1.28 bits per heavy atom. The molecule has 0 radical (unpaired) electrons. The van der Waals surface area contributed by atoms with Crippen LogP contribution < -0.4 is 10.1 Å². The van der Waals surface area contributed by atoms with Gasteiger partial charge in [-0.2, -0.15) is 13.2 Å². The van der Waals surface area contributed by atoms with Crippen LogP contribution in [0.15, 0.2) is 18.2 Å². The largest absolute Gasteiger partial charge is 0.497 e. The molecule has 1 rings (SSSR count). The number of methoxy groups -OCH3 is 1. The summed E-state index contributed by atoms with van der Waals surface area (Å²) in [4.78, 5) is 22.0. The summed E-state index contributed by atoms with van der Waals surface area (Å²) in [6.07, 6.45) is -5.02. The van der Waals surface area contributed by atoms with Crippen LogP contribution in [0.1, 0.15) is 17.3 Å². The average molecular weight is 261 g/mol. The molecule has 98 valence electrons. The van der Waals surface area contributed by atoms with Gasteiger partial charge in [0.2, 0.25) is 0 Å². The molecule has 0 atom stereocenters. The van der Waals surface area contributed by atoms with E-state index in [0.717, 1.165) is 6.07 Å². The molecular weight excluding hydrogens is 251 g/mol. The van der Waals surface area contributed by atoms with Crippen LogP contribution in [-0.4, -0.2) is 25.0 Å². The predicted octanol–water partition coefficient (Wildman–Crippen LogP) is 2.40. The zero-order valence-electron chi connectivity index (χ0n) is 9.59. The molecule has 18 heavy (non-hydrogen) atoms. The van der Waals surface area contributed by atoms with E-state index in [1.807, 2.05) is 0 Å². The average Bonchev–Trinajstić information content (AvgIpc) is 2.27. The van der Waals surface area contributed by atoms with Crippen molar-refractivity contribution in [2.75, 3.05) is 12.4 Å². The van der Waals surface area contributed by atoms with Gasteiger partial charge in [0.05, 0.1) is 12.8 Å². The highest BCUT2D eigenvalue weighted by Gasteiger charge is 2.39. The van der Waals surface area contributed by atoms with Crippen LogP contribution >= 0.6 is 0 Å². The maximum atomic E-state index is 12.1. The Hall–Kier alpha value is -2.05. The minimum absolute atomic E-state index is 0.0200. The zero-order chi connectivity index (χ0) is 13.9. The number of rotatable bonds is 3. The number of nitrogens with one attached hydrogen (secondary N) is 1. The van der Waals surface area contributed by atoms with Crippen LogP contribution in [0.25, 0.3) is 0 Å². The molecule has 0 aliphatic rings. The first-order valence-electron chi connectivity index (χ1n) is 4.83. The van der Waals surface area contributed by atoms with Gasteiger partial charge in [-0.05, 0) is 19.1 Å². The van der Waals surface area contributed by atoms with Crippen molar-refractivity contribution in [2.24, 2.45) is 0 Å². The van der Waals surface area contributed by atoms with E-state index in [2.05, 4.69) is 0 Å². The smallest absolute Gasteiger partial charge is 0.471 e. The molecular formula is C11H10F3NO3. The first-order valence-corrected chi connectivity index (χ1v) is 4.83. The van der Waals surface area contributed by atoms with Gasteiger partial charge in [-0.25, -0.2) is 0 Å². The molecule has 4 nitrogen and oxygen atoms in total. The van der Waals surface area contributed by atoms with Crippen LogP contribution in [0.5, 0.6) is 5.75 Å². The van der Waals surface area contributed by atoms with E-state index in [9.17, 15) is 22.8 Å². The molecule has 0 bridgehead atoms. The van der Waals surface area contributed by atoms with Gasteiger partial charge >= 0.3 is 12.1 Å². The molecule has 1 aromatic carbocycles. The number of carbonyl (C=O) groups is 2. The number of amides is 1. The van der Waals surface area contributed by atoms with Gasteiger partial charge in [0.1, 0.15) is 5.75 Å². The summed E-state index contributed by atoms with van der Waals surface area (Å²) < 4.78 is 41.2. The Morgan fingerprint density at radius 2 is 1.89 bits per heavy atom. The van der Waals surface area contributed by atoms with Crippen LogP contribution in [0.3, 0.4) is 0 Å². The number of Topliss-reactive ketones (excluding diaryl/α,β-unsaturated/α-hetero) is 1. The molecule has 0 aromatic heterocycles. The fourth-order valence-electron chi connectivity index (χ4n) is 1.25. The molecule has 0 aliphatic carbocycles. The number of alkyl halides is 3. The highest BCUT2D eigenvalue weighted by Crippen LogP contribution is 2.25. The Morgan fingerprint density at radius 3 is 2.33 bits per heavy atom. The van der Waals surface area contributed by atoms with Crippen molar-refractivity contribution in [3.63, 3.8) is 0 Å². The van der Waals surface area contributed by atoms with E-state index in [1.54, 1.807) is 5.32 Å². The van der Waals surface area contributed by atoms with E-state index in [1.165, 1.54) is 26.2 Å². The number of benzene rings is 1. The van der Waals surface area contributed by atoms with Crippen molar-refractivity contribution in [1.82, 2.24) is 0 Å². The quantitative estimate of drug-likeness (QED) is 0.850. The van der Waals surface area contributed by atoms with Crippen LogP contribution in [0.4, 0.5) is 18.9 Å². The number of hydrogen-bond donors (Lipinski definition) is 1. The fourth-order valence-corrected chi connectivity index (χ4v) is 1.25. The van der Waals surface area contributed by atoms with Crippen molar-refractivity contribution in [1.29, 1.82) is 0 Å².